The van der Waals surface area contributed by atoms with Crippen molar-refractivity contribution in [2.45, 2.75) is 0 Å². The van der Waals surface area contributed by atoms with Gasteiger partial charge in [0.1, 0.15) is 11.5 Å². The van der Waals surface area contributed by atoms with Gasteiger partial charge in [-0.25, -0.2) is 5.43 Å². The summed E-state index contributed by atoms with van der Waals surface area (Å²) in [5.74, 6) is -1.08. The number of hydrogen-bond acceptors (Lipinski definition) is 4. The SMILES string of the molecule is O=C(NN=Cc1ccc(Cl)c(Cl)c1)c1ccc(O)cc1O. The molecule has 1 amide bonds. The minimum absolute atomic E-state index is 0.000844. The summed E-state index contributed by atoms with van der Waals surface area (Å²) in [5.41, 5.74) is 2.91. The van der Waals surface area contributed by atoms with Crippen LogP contribution in [0.15, 0.2) is 41.5 Å². The van der Waals surface area contributed by atoms with Crippen LogP contribution in [-0.4, -0.2) is 22.3 Å². The van der Waals surface area contributed by atoms with Crippen LogP contribution in [0.4, 0.5) is 0 Å². The Hall–Kier alpha value is -2.24. The van der Waals surface area contributed by atoms with Crippen molar-refractivity contribution in [2.24, 2.45) is 5.10 Å². The molecule has 2 aromatic rings. The summed E-state index contributed by atoms with van der Waals surface area (Å²) >= 11 is 11.6. The smallest absolute Gasteiger partial charge is 0.275 e. The Kier molecular flexibility index (Phi) is 4.67. The lowest BCUT2D eigenvalue weighted by Gasteiger charge is -2.03. The highest BCUT2D eigenvalue weighted by atomic mass is 35.5. The highest BCUT2D eigenvalue weighted by molar-refractivity contribution is 6.42. The second-order valence-corrected chi connectivity index (χ2v) is 4.89. The highest BCUT2D eigenvalue weighted by Crippen LogP contribution is 2.23. The number of halogens is 2. The van der Waals surface area contributed by atoms with E-state index in [0.717, 1.165) is 6.07 Å². The number of amides is 1. The first kappa shape index (κ1) is 15.2. The zero-order valence-electron chi connectivity index (χ0n) is 10.5. The third kappa shape index (κ3) is 3.87. The summed E-state index contributed by atoms with van der Waals surface area (Å²) in [7, 11) is 0. The number of hydrazone groups is 1. The maximum atomic E-state index is 11.8. The molecule has 0 aromatic heterocycles. The van der Waals surface area contributed by atoms with Crippen LogP contribution in [-0.2, 0) is 0 Å². The fourth-order valence-electron chi connectivity index (χ4n) is 1.53. The quantitative estimate of drug-likeness (QED) is 0.599. The van der Waals surface area contributed by atoms with E-state index in [1.54, 1.807) is 18.2 Å². The molecule has 0 atom stereocenters. The van der Waals surface area contributed by atoms with Crippen LogP contribution in [0.5, 0.6) is 11.5 Å². The van der Waals surface area contributed by atoms with Crippen LogP contribution >= 0.6 is 23.2 Å². The molecule has 5 nitrogen and oxygen atoms in total. The van der Waals surface area contributed by atoms with Gasteiger partial charge in [0.15, 0.2) is 0 Å². The van der Waals surface area contributed by atoms with Gasteiger partial charge in [0, 0.05) is 6.07 Å². The molecule has 0 bridgehead atoms. The molecule has 0 aliphatic rings. The van der Waals surface area contributed by atoms with Crippen molar-refractivity contribution in [1.82, 2.24) is 5.43 Å². The predicted molar refractivity (Wildman–Crippen MR) is 81.3 cm³/mol. The molecule has 7 heteroatoms. The molecule has 0 fully saturated rings. The number of hydrogen-bond donors (Lipinski definition) is 3. The minimum Gasteiger partial charge on any atom is -0.508 e. The number of carbonyl (C=O) groups excluding carboxylic acids is 1. The maximum Gasteiger partial charge on any atom is 0.275 e. The molecule has 0 radical (unpaired) electrons. The number of nitrogens with zero attached hydrogens (tertiary/aromatic N) is 1. The van der Waals surface area contributed by atoms with Gasteiger partial charge in [-0.05, 0) is 29.8 Å². The van der Waals surface area contributed by atoms with E-state index >= 15 is 0 Å². The number of phenols is 2. The monoisotopic (exact) mass is 324 g/mol. The highest BCUT2D eigenvalue weighted by Gasteiger charge is 2.10. The largest absolute Gasteiger partial charge is 0.508 e. The third-order valence-corrected chi connectivity index (χ3v) is 3.29. The standard InChI is InChI=1S/C14H10Cl2N2O3/c15-11-4-1-8(5-12(11)16)7-17-18-14(21)10-3-2-9(19)6-13(10)20/h1-7,19-20H,(H,18,21). The van der Waals surface area contributed by atoms with Crippen molar-refractivity contribution in [3.63, 3.8) is 0 Å². The van der Waals surface area contributed by atoms with Crippen LogP contribution in [0.2, 0.25) is 10.0 Å². The molecule has 2 rings (SSSR count). The number of carbonyl (C=O) groups is 1. The van der Waals surface area contributed by atoms with Gasteiger partial charge >= 0.3 is 0 Å². The van der Waals surface area contributed by atoms with E-state index < -0.39 is 5.91 Å². The lowest BCUT2D eigenvalue weighted by Crippen LogP contribution is -2.17. The van der Waals surface area contributed by atoms with E-state index in [1.165, 1.54) is 18.3 Å². The van der Waals surface area contributed by atoms with Crippen molar-refractivity contribution in [3.05, 3.63) is 57.6 Å². The lowest BCUT2D eigenvalue weighted by atomic mass is 10.2. The summed E-state index contributed by atoms with van der Waals surface area (Å²) in [6, 6.07) is 8.53. The fraction of sp³-hybridized carbons (Fsp3) is 0. The van der Waals surface area contributed by atoms with Gasteiger partial charge in [0.25, 0.3) is 5.91 Å². The van der Waals surface area contributed by atoms with Gasteiger partial charge in [0.2, 0.25) is 0 Å². The minimum atomic E-state index is -0.608. The first-order valence-electron chi connectivity index (χ1n) is 5.78. The second-order valence-electron chi connectivity index (χ2n) is 4.07. The Bertz CT molecular complexity index is 717. The summed E-state index contributed by atoms with van der Waals surface area (Å²) in [4.78, 5) is 11.8. The normalized spacial score (nSPS) is 10.8. The number of aromatic hydroxyl groups is 2. The zero-order chi connectivity index (χ0) is 15.4. The van der Waals surface area contributed by atoms with Crippen LogP contribution < -0.4 is 5.43 Å². The van der Waals surface area contributed by atoms with Crippen molar-refractivity contribution in [1.29, 1.82) is 0 Å². The fourth-order valence-corrected chi connectivity index (χ4v) is 1.84. The van der Waals surface area contributed by atoms with E-state index in [9.17, 15) is 9.90 Å². The van der Waals surface area contributed by atoms with Gasteiger partial charge in [-0.3, -0.25) is 4.79 Å². The molecule has 108 valence electrons. The molecule has 2 aromatic carbocycles. The van der Waals surface area contributed by atoms with Crippen molar-refractivity contribution in [3.8, 4) is 11.5 Å². The average molecular weight is 325 g/mol. The Labute approximate surface area is 130 Å². The summed E-state index contributed by atoms with van der Waals surface area (Å²) in [6.07, 6.45) is 1.39. The topological polar surface area (TPSA) is 81.9 Å². The summed E-state index contributed by atoms with van der Waals surface area (Å²) < 4.78 is 0. The van der Waals surface area contributed by atoms with E-state index in [2.05, 4.69) is 10.5 Å². The van der Waals surface area contributed by atoms with Crippen molar-refractivity contribution < 1.29 is 15.0 Å². The summed E-state index contributed by atoms with van der Waals surface area (Å²) in [5, 5.41) is 23.2. The predicted octanol–water partition coefficient (Wildman–Crippen LogP) is 3.17. The van der Waals surface area contributed by atoms with Gasteiger partial charge in [-0.1, -0.05) is 29.3 Å². The van der Waals surface area contributed by atoms with E-state index in [0.29, 0.717) is 15.6 Å². The first-order valence-corrected chi connectivity index (χ1v) is 6.53. The molecule has 3 N–H and O–H groups in total. The van der Waals surface area contributed by atoms with Crippen LogP contribution in [0.25, 0.3) is 0 Å². The van der Waals surface area contributed by atoms with Crippen LogP contribution in [0.1, 0.15) is 15.9 Å². The molecular formula is C14H10Cl2N2O3. The van der Waals surface area contributed by atoms with E-state index in [1.807, 2.05) is 0 Å². The van der Waals surface area contributed by atoms with Crippen molar-refractivity contribution >= 4 is 35.3 Å². The first-order chi connectivity index (χ1) is 9.97. The van der Waals surface area contributed by atoms with Crippen LogP contribution in [0.3, 0.4) is 0 Å². The van der Waals surface area contributed by atoms with Gasteiger partial charge in [-0.15, -0.1) is 0 Å². The molecule has 0 aliphatic carbocycles. The van der Waals surface area contributed by atoms with Gasteiger partial charge in [0.05, 0.1) is 21.8 Å². The van der Waals surface area contributed by atoms with E-state index in [-0.39, 0.29) is 17.1 Å². The Morgan fingerprint density at radius 2 is 1.86 bits per heavy atom. The molecule has 0 unspecified atom stereocenters. The molecule has 21 heavy (non-hydrogen) atoms. The second kappa shape index (κ2) is 6.47. The number of phenolic OH excluding ortho intramolecular Hbond substituents is 2. The number of nitrogens with one attached hydrogen (secondary N) is 1. The number of benzene rings is 2. The molecule has 0 heterocycles. The Balaban J connectivity index is 2.06. The lowest BCUT2D eigenvalue weighted by molar-refractivity contribution is 0.0952. The average Bonchev–Trinajstić information content (AvgIpc) is 2.42. The molecular weight excluding hydrogens is 315 g/mol. The molecule has 0 saturated carbocycles. The van der Waals surface area contributed by atoms with E-state index in [4.69, 9.17) is 28.3 Å². The number of rotatable bonds is 3. The Morgan fingerprint density at radius 1 is 1.10 bits per heavy atom. The molecule has 0 spiro atoms. The van der Waals surface area contributed by atoms with Gasteiger partial charge in [-0.2, -0.15) is 5.10 Å². The zero-order valence-corrected chi connectivity index (χ0v) is 12.1. The van der Waals surface area contributed by atoms with Crippen LogP contribution in [0, 0.1) is 0 Å². The van der Waals surface area contributed by atoms with Crippen molar-refractivity contribution in [2.75, 3.05) is 0 Å². The maximum absolute atomic E-state index is 11.8. The van der Waals surface area contributed by atoms with Gasteiger partial charge < -0.3 is 10.2 Å². The molecule has 0 aliphatic heterocycles. The Morgan fingerprint density at radius 3 is 2.52 bits per heavy atom. The summed E-state index contributed by atoms with van der Waals surface area (Å²) in [6.45, 7) is 0. The third-order valence-electron chi connectivity index (χ3n) is 2.55. The molecule has 0 saturated heterocycles.